The van der Waals surface area contributed by atoms with Crippen molar-refractivity contribution in [3.63, 3.8) is 0 Å². The van der Waals surface area contributed by atoms with Gasteiger partial charge >= 0.3 is 6.18 Å². The van der Waals surface area contributed by atoms with Gasteiger partial charge in [-0.1, -0.05) is 0 Å². The zero-order valence-electron chi connectivity index (χ0n) is 10.1. The predicted octanol–water partition coefficient (Wildman–Crippen LogP) is 1.81. The van der Waals surface area contributed by atoms with Crippen molar-refractivity contribution in [1.82, 2.24) is 19.7 Å². The van der Waals surface area contributed by atoms with E-state index >= 15 is 0 Å². The molecule has 1 N–H and O–H groups in total. The van der Waals surface area contributed by atoms with E-state index in [1.54, 1.807) is 6.92 Å². The van der Waals surface area contributed by atoms with Crippen LogP contribution in [-0.2, 0) is 26.3 Å². The van der Waals surface area contributed by atoms with Gasteiger partial charge in [-0.05, 0) is 12.5 Å². The maximum absolute atomic E-state index is 13.1. The summed E-state index contributed by atoms with van der Waals surface area (Å²) in [5.41, 5.74) is 1.37. The van der Waals surface area contributed by atoms with E-state index in [0.29, 0.717) is 24.3 Å². The van der Waals surface area contributed by atoms with Crippen LogP contribution in [0.4, 0.5) is 13.2 Å². The molecule has 1 aliphatic rings. The number of alkyl halides is 3. The van der Waals surface area contributed by atoms with E-state index < -0.39 is 11.9 Å². The highest BCUT2D eigenvalue weighted by Gasteiger charge is 2.39. The fourth-order valence-electron chi connectivity index (χ4n) is 2.71. The van der Waals surface area contributed by atoms with Crippen molar-refractivity contribution in [3.05, 3.63) is 17.0 Å². The van der Waals surface area contributed by atoms with Crippen molar-refractivity contribution >= 4 is 11.0 Å². The molecule has 0 spiro atoms. The number of nitrogens with zero attached hydrogens (tertiary/aromatic N) is 3. The Morgan fingerprint density at radius 2 is 2.06 bits per heavy atom. The third-order valence-corrected chi connectivity index (χ3v) is 3.49. The minimum absolute atomic E-state index is 0.240. The molecule has 3 rings (SSSR count). The summed E-state index contributed by atoms with van der Waals surface area (Å²) in [6, 6.07) is 0. The van der Waals surface area contributed by atoms with Gasteiger partial charge in [0.05, 0.1) is 5.39 Å². The van der Waals surface area contributed by atoms with Crippen LogP contribution in [-0.4, -0.2) is 20.9 Å². The minimum Gasteiger partial charge on any atom is -0.325 e. The largest absolute Gasteiger partial charge is 0.433 e. The van der Waals surface area contributed by atoms with Crippen LogP contribution in [0.5, 0.6) is 0 Å². The molecule has 0 radical (unpaired) electrons. The molecular weight excluding hydrogens is 245 g/mol. The lowest BCUT2D eigenvalue weighted by molar-refractivity contribution is -0.142. The number of aryl methyl sites for hydroxylation is 2. The van der Waals surface area contributed by atoms with Gasteiger partial charge in [-0.3, -0.25) is 4.68 Å². The van der Waals surface area contributed by atoms with Crippen LogP contribution >= 0.6 is 0 Å². The van der Waals surface area contributed by atoms with Crippen LogP contribution in [0.15, 0.2) is 0 Å². The maximum atomic E-state index is 13.1. The molecular formula is C11H13F3N4. The summed E-state index contributed by atoms with van der Waals surface area (Å²) in [5.74, 6) is 0. The van der Waals surface area contributed by atoms with E-state index in [4.69, 9.17) is 0 Å². The first-order chi connectivity index (χ1) is 8.41. The van der Waals surface area contributed by atoms with E-state index in [9.17, 15) is 13.2 Å². The van der Waals surface area contributed by atoms with E-state index in [2.05, 4.69) is 10.4 Å². The van der Waals surface area contributed by atoms with Gasteiger partial charge in [0.2, 0.25) is 0 Å². The Bertz CT molecular complexity index is 621. The summed E-state index contributed by atoms with van der Waals surface area (Å²) in [5, 5.41) is 7.45. The molecule has 0 saturated carbocycles. The Morgan fingerprint density at radius 3 is 2.72 bits per heavy atom. The lowest BCUT2D eigenvalue weighted by Crippen LogP contribution is -2.28. The zero-order valence-corrected chi connectivity index (χ0v) is 10.1. The smallest absolute Gasteiger partial charge is 0.325 e. The van der Waals surface area contributed by atoms with Crippen molar-refractivity contribution in [3.8, 4) is 0 Å². The van der Waals surface area contributed by atoms with Crippen molar-refractivity contribution in [2.45, 2.75) is 26.2 Å². The second-order valence-electron chi connectivity index (χ2n) is 4.57. The van der Waals surface area contributed by atoms with Crippen molar-refractivity contribution < 1.29 is 13.2 Å². The van der Waals surface area contributed by atoms with Gasteiger partial charge in [-0.25, -0.2) is 0 Å². The van der Waals surface area contributed by atoms with Crippen molar-refractivity contribution in [1.29, 1.82) is 0 Å². The maximum Gasteiger partial charge on any atom is 0.433 e. The topological polar surface area (TPSA) is 34.8 Å². The lowest BCUT2D eigenvalue weighted by atomic mass is 10.1. The van der Waals surface area contributed by atoms with E-state index in [0.717, 1.165) is 16.9 Å². The Morgan fingerprint density at radius 1 is 1.33 bits per heavy atom. The highest BCUT2D eigenvalue weighted by molar-refractivity contribution is 5.85. The first kappa shape index (κ1) is 11.6. The highest BCUT2D eigenvalue weighted by atomic mass is 19.4. The minimum atomic E-state index is -4.38. The zero-order chi connectivity index (χ0) is 13.1. The van der Waals surface area contributed by atoms with Gasteiger partial charge in [0.15, 0.2) is 11.3 Å². The molecule has 4 nitrogen and oxygen atoms in total. The lowest BCUT2D eigenvalue weighted by Gasteiger charge is -2.17. The molecule has 3 heterocycles. The Kier molecular flexibility index (Phi) is 2.25. The number of nitrogens with one attached hydrogen (secondary N) is 1. The molecule has 0 amide bonds. The van der Waals surface area contributed by atoms with E-state index in [1.807, 2.05) is 4.57 Å². The van der Waals surface area contributed by atoms with Crippen LogP contribution in [0.2, 0.25) is 0 Å². The SMILES string of the molecule is Cc1c2n(c3nn(C)c(C(F)(F)F)c13)CCNC2. The molecule has 0 aromatic carbocycles. The summed E-state index contributed by atoms with van der Waals surface area (Å²) < 4.78 is 42.0. The number of hydrogen-bond acceptors (Lipinski definition) is 2. The van der Waals surface area contributed by atoms with Crippen LogP contribution in [0, 0.1) is 6.92 Å². The molecule has 98 valence electrons. The van der Waals surface area contributed by atoms with Gasteiger partial charge in [-0.15, -0.1) is 0 Å². The summed E-state index contributed by atoms with van der Waals surface area (Å²) in [4.78, 5) is 0. The average Bonchev–Trinajstić information content (AvgIpc) is 2.75. The number of hydrogen-bond donors (Lipinski definition) is 1. The van der Waals surface area contributed by atoms with Crippen LogP contribution < -0.4 is 5.32 Å². The average molecular weight is 258 g/mol. The molecule has 18 heavy (non-hydrogen) atoms. The predicted molar refractivity (Wildman–Crippen MR) is 60.1 cm³/mol. The summed E-state index contributed by atoms with van der Waals surface area (Å²) >= 11 is 0. The molecule has 1 aliphatic heterocycles. The fourth-order valence-corrected chi connectivity index (χ4v) is 2.71. The Balaban J connectivity index is 2.39. The van der Waals surface area contributed by atoms with Crippen molar-refractivity contribution in [2.75, 3.05) is 6.54 Å². The monoisotopic (exact) mass is 258 g/mol. The van der Waals surface area contributed by atoms with Gasteiger partial charge in [0.1, 0.15) is 0 Å². The molecule has 7 heteroatoms. The molecule has 0 aliphatic carbocycles. The number of rotatable bonds is 0. The fraction of sp³-hybridized carbons (Fsp3) is 0.545. The second kappa shape index (κ2) is 3.50. The summed E-state index contributed by atoms with van der Waals surface area (Å²) in [6.07, 6.45) is -4.38. The third kappa shape index (κ3) is 1.40. The first-order valence-corrected chi connectivity index (χ1v) is 5.74. The molecule has 0 saturated heterocycles. The quantitative estimate of drug-likeness (QED) is 0.782. The van der Waals surface area contributed by atoms with Gasteiger partial charge in [-0.2, -0.15) is 18.3 Å². The van der Waals surface area contributed by atoms with Gasteiger partial charge in [0.25, 0.3) is 0 Å². The standard InChI is InChI=1S/C11H13F3N4/c1-6-7-5-15-3-4-18(7)10-8(6)9(11(12,13)14)17(2)16-10/h15H,3-5H2,1-2H3. The number of fused-ring (bicyclic) bond motifs is 3. The molecule has 2 aromatic rings. The molecule has 0 unspecified atom stereocenters. The Hall–Kier alpha value is -1.50. The number of aromatic nitrogens is 3. The second-order valence-corrected chi connectivity index (χ2v) is 4.57. The normalized spacial score (nSPS) is 16.3. The number of halogens is 3. The highest BCUT2D eigenvalue weighted by Crippen LogP contribution is 2.38. The molecule has 2 aromatic heterocycles. The molecule has 0 fully saturated rings. The van der Waals surface area contributed by atoms with Crippen LogP contribution in [0.25, 0.3) is 11.0 Å². The molecule has 0 atom stereocenters. The van der Waals surface area contributed by atoms with E-state index in [-0.39, 0.29) is 5.39 Å². The third-order valence-electron chi connectivity index (χ3n) is 3.49. The van der Waals surface area contributed by atoms with Crippen molar-refractivity contribution in [2.24, 2.45) is 7.05 Å². The molecule has 0 bridgehead atoms. The Labute approximate surface area is 101 Å². The van der Waals surface area contributed by atoms with Gasteiger partial charge in [0, 0.05) is 32.4 Å². The summed E-state index contributed by atoms with van der Waals surface area (Å²) in [6.45, 7) is 3.75. The van der Waals surface area contributed by atoms with Crippen LogP contribution in [0.1, 0.15) is 17.0 Å². The van der Waals surface area contributed by atoms with Crippen LogP contribution in [0.3, 0.4) is 0 Å². The summed E-state index contributed by atoms with van der Waals surface area (Å²) in [7, 11) is 1.34. The van der Waals surface area contributed by atoms with Gasteiger partial charge < -0.3 is 9.88 Å². The van der Waals surface area contributed by atoms with E-state index in [1.165, 1.54) is 7.05 Å². The first-order valence-electron chi connectivity index (χ1n) is 5.74.